The molecule has 2 aromatic carbocycles. The molecule has 1 fully saturated rings. The number of H-pyrrole nitrogens is 1. The zero-order valence-corrected chi connectivity index (χ0v) is 21.2. The first-order valence-corrected chi connectivity index (χ1v) is 13.1. The number of hydrogen-bond acceptors (Lipinski definition) is 5. The lowest BCUT2D eigenvalue weighted by Gasteiger charge is -2.50. The quantitative estimate of drug-likeness (QED) is 0.274. The Labute approximate surface area is 219 Å². The molecule has 0 radical (unpaired) electrons. The summed E-state index contributed by atoms with van der Waals surface area (Å²) in [7, 11) is 1.41. The fourth-order valence-electron chi connectivity index (χ4n) is 6.34. The molecular weight excluding hydrogens is 488 g/mol. The molecule has 1 saturated heterocycles. The number of imidazole rings is 1. The number of nitrogens with zero attached hydrogens (tertiary/aromatic N) is 3. The van der Waals surface area contributed by atoms with Gasteiger partial charge < -0.3 is 19.6 Å². The van der Waals surface area contributed by atoms with Crippen LogP contribution < -0.4 is 5.32 Å². The first kappa shape index (κ1) is 24.8. The van der Waals surface area contributed by atoms with Gasteiger partial charge in [-0.05, 0) is 55.1 Å². The Morgan fingerprint density at radius 1 is 1.16 bits per heavy atom. The second kappa shape index (κ2) is 10.3. The number of halogens is 2. The average molecular weight is 520 g/mol. The lowest BCUT2D eigenvalue weighted by molar-refractivity contribution is -0.152. The van der Waals surface area contributed by atoms with Crippen molar-refractivity contribution in [2.45, 2.75) is 56.4 Å². The van der Waals surface area contributed by atoms with E-state index in [1.165, 1.54) is 19.2 Å². The third-order valence-electron chi connectivity index (χ3n) is 8.06. The summed E-state index contributed by atoms with van der Waals surface area (Å²) in [6.07, 6.45) is 8.39. The van der Waals surface area contributed by atoms with E-state index in [9.17, 15) is 13.6 Å². The van der Waals surface area contributed by atoms with Crippen molar-refractivity contribution in [1.29, 1.82) is 0 Å². The molecule has 198 valence electrons. The minimum Gasteiger partial charge on any atom is -0.468 e. The van der Waals surface area contributed by atoms with Gasteiger partial charge >= 0.3 is 5.97 Å². The van der Waals surface area contributed by atoms with Crippen LogP contribution in [0.3, 0.4) is 0 Å². The predicted molar refractivity (Wildman–Crippen MR) is 139 cm³/mol. The summed E-state index contributed by atoms with van der Waals surface area (Å²) < 4.78 is 35.6. The number of ether oxygens (including phenoxy) is 1. The number of fused-ring (bicyclic) bond motifs is 5. The maximum Gasteiger partial charge on any atom is 0.323 e. The molecule has 2 aliphatic heterocycles. The zero-order chi connectivity index (χ0) is 26.2. The molecule has 2 aromatic heterocycles. The molecule has 9 heteroatoms. The van der Waals surface area contributed by atoms with Gasteiger partial charge in [0, 0.05) is 54.0 Å². The van der Waals surface area contributed by atoms with Crippen molar-refractivity contribution in [3.8, 4) is 0 Å². The largest absolute Gasteiger partial charge is 0.468 e. The van der Waals surface area contributed by atoms with E-state index in [0.717, 1.165) is 48.1 Å². The highest BCUT2D eigenvalue weighted by Gasteiger charge is 2.48. The summed E-state index contributed by atoms with van der Waals surface area (Å²) in [4.78, 5) is 23.1. The molecule has 0 unspecified atom stereocenters. The molecule has 7 nitrogen and oxygen atoms in total. The van der Waals surface area contributed by atoms with Gasteiger partial charge in [-0.25, -0.2) is 13.8 Å². The van der Waals surface area contributed by atoms with Crippen LogP contribution in [0.1, 0.15) is 48.2 Å². The number of aryl methyl sites for hydroxylation is 1. The molecule has 6 rings (SSSR count). The summed E-state index contributed by atoms with van der Waals surface area (Å²) in [6, 6.07) is 11.4. The summed E-state index contributed by atoms with van der Waals surface area (Å²) in [5.41, 5.74) is 3.90. The number of para-hydroxylation sites is 1. The summed E-state index contributed by atoms with van der Waals surface area (Å²) in [5, 5.41) is 4.81. The van der Waals surface area contributed by atoms with Crippen LogP contribution in [0.15, 0.2) is 61.2 Å². The summed E-state index contributed by atoms with van der Waals surface area (Å²) >= 11 is 0. The maximum absolute atomic E-state index is 14.4. The Balaban J connectivity index is 1.36. The number of carbonyl (C=O) groups is 1. The molecule has 0 aliphatic carbocycles. The molecule has 4 heterocycles. The standard InChI is InChI=1S/C29H31F2N5O2/c1-38-29(37)27-16-21-20-5-2-3-6-24(20)34-28(21)26-15-19(33-9-4-11-35-12-10-32-17-35)14-25(36(26)27)18-7-8-22(30)23(31)13-18/h2-3,5-8,10,12-13,17,19,25-27,33-34H,4,9,11,14-16H2,1H3/t19-,25+,26+,27+/m1/s1. The molecule has 0 bridgehead atoms. The SMILES string of the molecule is COC(=O)[C@@H]1Cc2c([nH]c3ccccc23)[C@@H]2C[C@H](NCCCn3ccnc3)C[C@@H](c3ccc(F)c(F)c3)N12. The van der Waals surface area contributed by atoms with Gasteiger partial charge in [-0.2, -0.15) is 0 Å². The van der Waals surface area contributed by atoms with E-state index in [0.29, 0.717) is 18.4 Å². The average Bonchev–Trinajstić information content (AvgIpc) is 3.59. The Morgan fingerprint density at radius 2 is 2.00 bits per heavy atom. The van der Waals surface area contributed by atoms with Crippen LogP contribution in [0, 0.1) is 11.6 Å². The van der Waals surface area contributed by atoms with E-state index >= 15 is 0 Å². The van der Waals surface area contributed by atoms with Crippen LogP contribution in [0.5, 0.6) is 0 Å². The second-order valence-electron chi connectivity index (χ2n) is 10.2. The van der Waals surface area contributed by atoms with Crippen LogP contribution in [0.4, 0.5) is 8.78 Å². The van der Waals surface area contributed by atoms with Gasteiger partial charge in [0.05, 0.1) is 19.5 Å². The molecule has 2 aliphatic rings. The van der Waals surface area contributed by atoms with Crippen molar-refractivity contribution in [3.63, 3.8) is 0 Å². The van der Waals surface area contributed by atoms with Crippen molar-refractivity contribution in [2.75, 3.05) is 13.7 Å². The van der Waals surface area contributed by atoms with Gasteiger partial charge in [-0.15, -0.1) is 0 Å². The third-order valence-corrected chi connectivity index (χ3v) is 8.06. The van der Waals surface area contributed by atoms with Crippen LogP contribution in [0.2, 0.25) is 0 Å². The lowest BCUT2D eigenvalue weighted by atomic mass is 9.79. The monoisotopic (exact) mass is 519 g/mol. The number of methoxy groups -OCH3 is 1. The number of aromatic nitrogens is 3. The van der Waals surface area contributed by atoms with Gasteiger partial charge in [0.15, 0.2) is 11.6 Å². The molecule has 2 N–H and O–H groups in total. The molecule has 38 heavy (non-hydrogen) atoms. The maximum atomic E-state index is 14.4. The van der Waals surface area contributed by atoms with Gasteiger partial charge in [-0.3, -0.25) is 9.69 Å². The Morgan fingerprint density at radius 3 is 2.79 bits per heavy atom. The van der Waals surface area contributed by atoms with E-state index in [1.54, 1.807) is 12.3 Å². The third kappa shape index (κ3) is 4.50. The normalized spacial score (nSPS) is 23.2. The number of piperidine rings is 1. The van der Waals surface area contributed by atoms with Crippen LogP contribution in [0.25, 0.3) is 10.9 Å². The van der Waals surface area contributed by atoms with Crippen LogP contribution >= 0.6 is 0 Å². The van der Waals surface area contributed by atoms with Crippen molar-refractivity contribution < 1.29 is 18.3 Å². The second-order valence-corrected chi connectivity index (χ2v) is 10.2. The first-order valence-electron chi connectivity index (χ1n) is 13.1. The van der Waals surface area contributed by atoms with Gasteiger partial charge in [-0.1, -0.05) is 24.3 Å². The highest BCUT2D eigenvalue weighted by Crippen LogP contribution is 2.49. The number of nitrogens with one attached hydrogen (secondary N) is 2. The van der Waals surface area contributed by atoms with Crippen LogP contribution in [-0.2, 0) is 22.5 Å². The highest BCUT2D eigenvalue weighted by molar-refractivity contribution is 5.87. The van der Waals surface area contributed by atoms with Crippen molar-refractivity contribution in [3.05, 3.63) is 89.6 Å². The Kier molecular flexibility index (Phi) is 6.71. The molecular formula is C29H31F2N5O2. The molecule has 0 amide bonds. The van der Waals surface area contributed by atoms with E-state index in [4.69, 9.17) is 4.74 Å². The molecule has 0 spiro atoms. The van der Waals surface area contributed by atoms with Crippen molar-refractivity contribution in [1.82, 2.24) is 24.8 Å². The smallest absolute Gasteiger partial charge is 0.323 e. The summed E-state index contributed by atoms with van der Waals surface area (Å²) in [6.45, 7) is 1.67. The number of benzene rings is 2. The number of aromatic amines is 1. The van der Waals surface area contributed by atoms with Crippen LogP contribution in [-0.4, -0.2) is 51.1 Å². The number of rotatable bonds is 7. The number of esters is 1. The van der Waals surface area contributed by atoms with Crippen molar-refractivity contribution >= 4 is 16.9 Å². The highest BCUT2D eigenvalue weighted by atomic mass is 19.2. The Bertz CT molecular complexity index is 1440. The van der Waals surface area contributed by atoms with E-state index < -0.39 is 17.7 Å². The molecule has 4 aromatic rings. The predicted octanol–water partition coefficient (Wildman–Crippen LogP) is 4.67. The minimum atomic E-state index is -0.882. The zero-order valence-electron chi connectivity index (χ0n) is 21.2. The van der Waals surface area contributed by atoms with Crippen molar-refractivity contribution in [2.24, 2.45) is 0 Å². The fourth-order valence-corrected chi connectivity index (χ4v) is 6.34. The van der Waals surface area contributed by atoms with E-state index in [-0.39, 0.29) is 24.1 Å². The van der Waals surface area contributed by atoms with Gasteiger partial charge in [0.25, 0.3) is 0 Å². The van der Waals surface area contributed by atoms with E-state index in [2.05, 4.69) is 26.3 Å². The Hall–Kier alpha value is -3.56. The number of carbonyl (C=O) groups excluding carboxylic acids is 1. The lowest BCUT2D eigenvalue weighted by Crippen LogP contribution is -2.55. The fraction of sp³-hybridized carbons (Fsp3) is 0.379. The first-order chi connectivity index (χ1) is 18.5. The van der Waals surface area contributed by atoms with Gasteiger partial charge in [0.2, 0.25) is 0 Å². The minimum absolute atomic E-state index is 0.117. The summed E-state index contributed by atoms with van der Waals surface area (Å²) in [5.74, 6) is -2.07. The van der Waals surface area contributed by atoms with Gasteiger partial charge in [0.1, 0.15) is 6.04 Å². The molecule has 4 atom stereocenters. The topological polar surface area (TPSA) is 75.2 Å². The number of hydrogen-bond donors (Lipinski definition) is 2. The van der Waals surface area contributed by atoms with E-state index in [1.807, 2.05) is 35.3 Å². The molecule has 0 saturated carbocycles.